The first-order valence-corrected chi connectivity index (χ1v) is 12.2. The second-order valence-electron chi connectivity index (χ2n) is 9.29. The molecule has 2 atom stereocenters. The molecule has 1 saturated carbocycles. The highest BCUT2D eigenvalue weighted by molar-refractivity contribution is 5.91. The summed E-state index contributed by atoms with van der Waals surface area (Å²) in [5.74, 6) is -0.0787. The fraction of sp³-hybridized carbons (Fsp3) is 0.379. The first kappa shape index (κ1) is 23.2. The smallest absolute Gasteiger partial charge is 0.232 e. The molecule has 1 aliphatic carbocycles. The van der Waals surface area contributed by atoms with Gasteiger partial charge in [0.25, 0.3) is 0 Å². The van der Waals surface area contributed by atoms with Crippen LogP contribution in [-0.4, -0.2) is 23.5 Å². The molecule has 2 aromatic carbocycles. The van der Waals surface area contributed by atoms with Gasteiger partial charge in [0, 0.05) is 17.4 Å². The van der Waals surface area contributed by atoms with Gasteiger partial charge in [0.1, 0.15) is 5.41 Å². The van der Waals surface area contributed by atoms with Crippen LogP contribution in [0.3, 0.4) is 0 Å². The van der Waals surface area contributed by atoms with Gasteiger partial charge >= 0.3 is 0 Å². The van der Waals surface area contributed by atoms with Gasteiger partial charge < -0.3 is 11.1 Å². The average molecular weight is 442 g/mol. The Kier molecular flexibility index (Phi) is 7.56. The van der Waals surface area contributed by atoms with E-state index in [4.69, 9.17) is 5.73 Å². The number of nitrogens with two attached hydrogens (primary N) is 1. The summed E-state index contributed by atoms with van der Waals surface area (Å²) in [6.07, 6.45) is 6.26. The molecule has 2 unspecified atom stereocenters. The lowest BCUT2D eigenvalue weighted by atomic mass is 9.64. The van der Waals surface area contributed by atoms with Crippen LogP contribution in [0.25, 0.3) is 0 Å². The van der Waals surface area contributed by atoms with E-state index in [2.05, 4.69) is 46.7 Å². The second kappa shape index (κ2) is 10.8. The van der Waals surface area contributed by atoms with E-state index in [0.717, 1.165) is 61.9 Å². The Bertz CT molecular complexity index is 996. The summed E-state index contributed by atoms with van der Waals surface area (Å²) in [6.45, 7) is 3.03. The molecule has 3 aromatic rings. The molecule has 0 radical (unpaired) electrons. The van der Waals surface area contributed by atoms with Crippen molar-refractivity contribution in [3.05, 3.63) is 101 Å². The van der Waals surface area contributed by atoms with Crippen molar-refractivity contribution in [3.63, 3.8) is 0 Å². The number of rotatable bonds is 10. The molecule has 172 valence electrons. The zero-order chi connectivity index (χ0) is 23.1. The molecule has 4 heteroatoms. The van der Waals surface area contributed by atoms with Gasteiger partial charge in [-0.1, -0.05) is 66.7 Å². The predicted octanol–water partition coefficient (Wildman–Crippen LogP) is 4.94. The first-order chi connectivity index (χ1) is 16.1. The summed E-state index contributed by atoms with van der Waals surface area (Å²) in [5.41, 5.74) is 9.66. The van der Waals surface area contributed by atoms with Crippen molar-refractivity contribution in [2.75, 3.05) is 6.54 Å². The maximum absolute atomic E-state index is 13.2. The quantitative estimate of drug-likeness (QED) is 0.438. The minimum atomic E-state index is -0.796. The van der Waals surface area contributed by atoms with E-state index in [0.29, 0.717) is 6.04 Å². The largest absolute Gasteiger partial charge is 0.369 e. The molecular weight excluding hydrogens is 406 g/mol. The number of amides is 1. The number of unbranched alkanes of at least 4 members (excludes halogenated alkanes) is 1. The highest BCUT2D eigenvalue weighted by Crippen LogP contribution is 2.46. The minimum absolute atomic E-state index is 0.175. The van der Waals surface area contributed by atoms with Crippen molar-refractivity contribution in [2.45, 2.75) is 56.9 Å². The molecule has 1 heterocycles. The third kappa shape index (κ3) is 5.17. The maximum atomic E-state index is 13.2. The van der Waals surface area contributed by atoms with E-state index in [1.165, 1.54) is 5.69 Å². The van der Waals surface area contributed by atoms with Crippen LogP contribution >= 0.6 is 0 Å². The SMILES string of the molecule is Cc1cccc(CCCCNC2CCC(C(C(N)=O)(c3ccccc3)c3ccccc3)C2)n1. The van der Waals surface area contributed by atoms with E-state index >= 15 is 0 Å². The fourth-order valence-corrected chi connectivity index (χ4v) is 5.56. The number of aryl methyl sites for hydroxylation is 2. The molecule has 0 aliphatic heterocycles. The molecule has 0 saturated heterocycles. The van der Waals surface area contributed by atoms with Gasteiger partial charge in [0.05, 0.1) is 0 Å². The Balaban J connectivity index is 1.41. The van der Waals surface area contributed by atoms with Crippen LogP contribution in [0.1, 0.15) is 54.6 Å². The third-order valence-corrected chi connectivity index (χ3v) is 7.13. The van der Waals surface area contributed by atoms with Crippen molar-refractivity contribution >= 4 is 5.91 Å². The van der Waals surface area contributed by atoms with Crippen LogP contribution in [0.4, 0.5) is 0 Å². The number of carbonyl (C=O) groups is 1. The average Bonchev–Trinajstić information content (AvgIpc) is 3.30. The highest BCUT2D eigenvalue weighted by atomic mass is 16.1. The molecule has 1 aliphatic rings. The molecule has 1 aromatic heterocycles. The number of pyridine rings is 1. The van der Waals surface area contributed by atoms with Gasteiger partial charge in [0.2, 0.25) is 5.91 Å². The minimum Gasteiger partial charge on any atom is -0.369 e. The van der Waals surface area contributed by atoms with Gasteiger partial charge in [-0.05, 0) is 81.2 Å². The van der Waals surface area contributed by atoms with E-state index in [-0.39, 0.29) is 11.8 Å². The number of hydrogen-bond donors (Lipinski definition) is 2. The Morgan fingerprint density at radius 1 is 0.939 bits per heavy atom. The lowest BCUT2D eigenvalue weighted by molar-refractivity contribution is -0.123. The molecule has 3 N–H and O–H groups in total. The van der Waals surface area contributed by atoms with Crippen molar-refractivity contribution < 1.29 is 4.79 Å². The molecule has 0 bridgehead atoms. The number of aromatic nitrogens is 1. The first-order valence-electron chi connectivity index (χ1n) is 12.2. The number of benzene rings is 2. The summed E-state index contributed by atoms with van der Waals surface area (Å²) in [5, 5.41) is 3.75. The fourth-order valence-electron chi connectivity index (χ4n) is 5.56. The standard InChI is InChI=1S/C29H35N3O/c1-22-11-10-17-26(32-22)16-8-9-20-31-27-19-18-25(21-27)29(28(30)33,23-12-4-2-5-13-23)24-14-6-3-7-15-24/h2-7,10-15,17,25,27,31H,8-9,16,18-21H2,1H3,(H2,30,33). The Morgan fingerprint density at radius 3 is 2.21 bits per heavy atom. The van der Waals surface area contributed by atoms with Crippen molar-refractivity contribution in [1.82, 2.24) is 10.3 Å². The molecule has 0 spiro atoms. The van der Waals surface area contributed by atoms with Crippen LogP contribution < -0.4 is 11.1 Å². The summed E-state index contributed by atoms with van der Waals surface area (Å²) in [4.78, 5) is 17.8. The van der Waals surface area contributed by atoms with Crippen molar-refractivity contribution in [3.8, 4) is 0 Å². The lowest BCUT2D eigenvalue weighted by Gasteiger charge is -2.37. The molecular formula is C29H35N3O. The molecule has 33 heavy (non-hydrogen) atoms. The van der Waals surface area contributed by atoms with Crippen LogP contribution in [0.5, 0.6) is 0 Å². The van der Waals surface area contributed by atoms with Crippen LogP contribution in [0.15, 0.2) is 78.9 Å². The predicted molar refractivity (Wildman–Crippen MR) is 134 cm³/mol. The summed E-state index contributed by atoms with van der Waals surface area (Å²) >= 11 is 0. The summed E-state index contributed by atoms with van der Waals surface area (Å²) in [7, 11) is 0. The Hall–Kier alpha value is -2.98. The van der Waals surface area contributed by atoms with Crippen LogP contribution in [0.2, 0.25) is 0 Å². The van der Waals surface area contributed by atoms with Gasteiger partial charge in [-0.2, -0.15) is 0 Å². The van der Waals surface area contributed by atoms with E-state index in [9.17, 15) is 4.79 Å². The van der Waals surface area contributed by atoms with Gasteiger partial charge in [-0.15, -0.1) is 0 Å². The molecule has 1 fully saturated rings. The van der Waals surface area contributed by atoms with Gasteiger partial charge in [-0.25, -0.2) is 0 Å². The monoisotopic (exact) mass is 441 g/mol. The van der Waals surface area contributed by atoms with Crippen molar-refractivity contribution in [1.29, 1.82) is 0 Å². The second-order valence-corrected chi connectivity index (χ2v) is 9.29. The lowest BCUT2D eigenvalue weighted by Crippen LogP contribution is -2.48. The normalized spacial score (nSPS) is 18.3. The molecule has 1 amide bonds. The topological polar surface area (TPSA) is 68.0 Å². The number of primary amides is 1. The summed E-state index contributed by atoms with van der Waals surface area (Å²) in [6, 6.07) is 26.9. The Labute approximate surface area is 197 Å². The number of hydrogen-bond acceptors (Lipinski definition) is 3. The number of nitrogens with one attached hydrogen (secondary N) is 1. The van der Waals surface area contributed by atoms with Crippen molar-refractivity contribution in [2.24, 2.45) is 11.7 Å². The highest BCUT2D eigenvalue weighted by Gasteiger charge is 2.49. The van der Waals surface area contributed by atoms with E-state index < -0.39 is 5.41 Å². The molecule has 4 rings (SSSR count). The number of nitrogens with zero attached hydrogens (tertiary/aromatic N) is 1. The third-order valence-electron chi connectivity index (χ3n) is 7.13. The van der Waals surface area contributed by atoms with Crippen LogP contribution in [-0.2, 0) is 16.6 Å². The van der Waals surface area contributed by atoms with E-state index in [1.54, 1.807) is 0 Å². The van der Waals surface area contributed by atoms with Crippen LogP contribution in [0, 0.1) is 12.8 Å². The zero-order valence-electron chi connectivity index (χ0n) is 19.5. The summed E-state index contributed by atoms with van der Waals surface area (Å²) < 4.78 is 0. The zero-order valence-corrected chi connectivity index (χ0v) is 19.5. The van der Waals surface area contributed by atoms with Gasteiger partial charge in [-0.3, -0.25) is 9.78 Å². The van der Waals surface area contributed by atoms with Gasteiger partial charge in [0.15, 0.2) is 0 Å². The number of carbonyl (C=O) groups excluding carboxylic acids is 1. The van der Waals surface area contributed by atoms with E-state index in [1.807, 2.05) is 49.4 Å². The Morgan fingerprint density at radius 2 is 1.61 bits per heavy atom. The maximum Gasteiger partial charge on any atom is 0.232 e. The molecule has 4 nitrogen and oxygen atoms in total.